The Bertz CT molecular complexity index is 2270. The molecule has 0 saturated heterocycles. The van der Waals surface area contributed by atoms with Gasteiger partial charge in [-0.1, -0.05) is 75.2 Å². The van der Waals surface area contributed by atoms with Crippen LogP contribution in [0.1, 0.15) is 72.2 Å². The first kappa shape index (κ1) is 38.3. The summed E-state index contributed by atoms with van der Waals surface area (Å²) in [7, 11) is 0. The van der Waals surface area contributed by atoms with Crippen LogP contribution in [-0.4, -0.2) is 32.0 Å². The summed E-state index contributed by atoms with van der Waals surface area (Å²) >= 11 is 12.7. The molecule has 0 saturated carbocycles. The van der Waals surface area contributed by atoms with Crippen molar-refractivity contribution >= 4 is 68.4 Å². The van der Waals surface area contributed by atoms with Gasteiger partial charge in [0, 0.05) is 67.2 Å². The highest BCUT2D eigenvalue weighted by Crippen LogP contribution is 2.53. The zero-order valence-electron chi connectivity index (χ0n) is 31.3. The molecule has 0 radical (unpaired) electrons. The molecule has 0 amide bonds. The summed E-state index contributed by atoms with van der Waals surface area (Å²) in [4.78, 5) is 27.9. The maximum Gasteiger partial charge on any atom is 0.229 e. The topological polar surface area (TPSA) is 139 Å². The van der Waals surface area contributed by atoms with Crippen molar-refractivity contribution in [2.75, 3.05) is 10.6 Å². The number of rotatable bonds is 7. The lowest BCUT2D eigenvalue weighted by molar-refractivity contribution is -0.113. The maximum absolute atomic E-state index is 13.9. The summed E-state index contributed by atoms with van der Waals surface area (Å²) < 4.78 is 0. The number of carbonyl (C=O) groups excluding carboxylic acids is 2. The molecular weight excluding hydrogens is 723 g/mol. The van der Waals surface area contributed by atoms with Gasteiger partial charge in [-0.2, -0.15) is 0 Å². The van der Waals surface area contributed by atoms with Crippen molar-refractivity contribution in [1.82, 2.24) is 0 Å². The Balaban J connectivity index is 1.64. The summed E-state index contributed by atoms with van der Waals surface area (Å²) in [5, 5.41) is 54.6. The van der Waals surface area contributed by atoms with Crippen LogP contribution in [0.5, 0.6) is 11.5 Å². The number of aromatic hydroxyl groups is 2. The lowest BCUT2D eigenvalue weighted by Crippen LogP contribution is -2.20. The van der Waals surface area contributed by atoms with Gasteiger partial charge in [0.2, 0.25) is 11.6 Å². The van der Waals surface area contributed by atoms with E-state index in [2.05, 4.69) is 10.6 Å². The summed E-state index contributed by atoms with van der Waals surface area (Å²) in [5.41, 5.74) is 6.37. The number of ketones is 2. The largest absolute Gasteiger partial charge is 0.507 e. The molecule has 0 unspecified atom stereocenters. The van der Waals surface area contributed by atoms with E-state index in [-0.39, 0.29) is 56.7 Å². The Morgan fingerprint density at radius 3 is 1.26 bits per heavy atom. The number of aryl methyl sites for hydroxylation is 2. The Morgan fingerprint density at radius 1 is 0.574 bits per heavy atom. The third kappa shape index (κ3) is 6.23. The number of hydrogen-bond acceptors (Lipinski definition) is 8. The van der Waals surface area contributed by atoms with E-state index in [0.29, 0.717) is 54.8 Å². The summed E-state index contributed by atoms with van der Waals surface area (Å²) in [6, 6.07) is 14.2. The van der Waals surface area contributed by atoms with Crippen LogP contribution in [-0.2, 0) is 9.59 Å². The minimum atomic E-state index is -0.685. The normalized spacial score (nSPS) is 15.9. The molecule has 4 aromatic rings. The van der Waals surface area contributed by atoms with Crippen molar-refractivity contribution in [2.45, 2.75) is 55.4 Å². The highest BCUT2D eigenvalue weighted by atomic mass is 35.5. The molecule has 0 aliphatic heterocycles. The molecule has 8 nitrogen and oxygen atoms in total. The molecule has 278 valence electrons. The van der Waals surface area contributed by atoms with Crippen molar-refractivity contribution in [3.63, 3.8) is 0 Å². The van der Waals surface area contributed by atoms with Gasteiger partial charge in [0.1, 0.15) is 11.5 Å². The number of benzene rings is 4. The minimum absolute atomic E-state index is 0.00642. The van der Waals surface area contributed by atoms with Crippen LogP contribution in [0.3, 0.4) is 0 Å². The summed E-state index contributed by atoms with van der Waals surface area (Å²) in [6.07, 6.45) is 2.88. The van der Waals surface area contributed by atoms with Gasteiger partial charge in [0.15, 0.2) is 11.5 Å². The van der Waals surface area contributed by atoms with Crippen molar-refractivity contribution < 1.29 is 30.0 Å². The number of aliphatic hydroxyl groups is 2. The van der Waals surface area contributed by atoms with Gasteiger partial charge in [-0.3, -0.25) is 9.59 Å². The average molecular weight is 766 g/mol. The number of halogens is 2. The van der Waals surface area contributed by atoms with Crippen molar-refractivity contribution in [1.29, 1.82) is 0 Å². The van der Waals surface area contributed by atoms with Crippen LogP contribution in [0.15, 0.2) is 72.4 Å². The van der Waals surface area contributed by atoms with Gasteiger partial charge in [0.05, 0.1) is 11.1 Å². The highest BCUT2D eigenvalue weighted by molar-refractivity contribution is 6.35. The van der Waals surface area contributed by atoms with E-state index in [0.717, 1.165) is 11.1 Å². The number of aliphatic hydroxyl groups excluding tert-OH is 2. The number of phenols is 2. The molecule has 0 aromatic heterocycles. The van der Waals surface area contributed by atoms with Crippen LogP contribution in [0.2, 0.25) is 10.0 Å². The second-order valence-corrected chi connectivity index (χ2v) is 15.2. The Hall–Kier alpha value is -5.44. The second kappa shape index (κ2) is 14.4. The molecule has 0 bridgehead atoms. The van der Waals surface area contributed by atoms with E-state index in [1.54, 1.807) is 62.4 Å². The van der Waals surface area contributed by atoms with E-state index in [1.165, 1.54) is 12.4 Å². The minimum Gasteiger partial charge on any atom is -0.507 e. The average Bonchev–Trinajstić information content (AvgIpc) is 3.10. The van der Waals surface area contributed by atoms with Crippen LogP contribution in [0.25, 0.3) is 33.4 Å². The highest BCUT2D eigenvalue weighted by Gasteiger charge is 2.38. The quantitative estimate of drug-likeness (QED) is 0.102. The molecule has 4 aromatic carbocycles. The number of carbonyl (C=O) groups is 2. The maximum atomic E-state index is 13.9. The van der Waals surface area contributed by atoms with Crippen molar-refractivity contribution in [3.05, 3.63) is 127 Å². The lowest BCUT2D eigenvalue weighted by Gasteiger charge is -2.29. The van der Waals surface area contributed by atoms with Gasteiger partial charge >= 0.3 is 0 Å². The van der Waals surface area contributed by atoms with Crippen LogP contribution in [0.4, 0.5) is 11.4 Å². The first-order valence-corrected chi connectivity index (χ1v) is 18.4. The number of allylic oxidation sites excluding steroid dienone is 4. The smallest absolute Gasteiger partial charge is 0.229 e. The molecule has 0 fully saturated rings. The fourth-order valence-corrected chi connectivity index (χ4v) is 7.80. The predicted octanol–water partition coefficient (Wildman–Crippen LogP) is 11.2. The summed E-state index contributed by atoms with van der Waals surface area (Å²) in [6.45, 7) is 14.6. The molecular formula is C44H42Cl2N2O6. The van der Waals surface area contributed by atoms with E-state index in [4.69, 9.17) is 23.2 Å². The van der Waals surface area contributed by atoms with Crippen LogP contribution in [0, 0.1) is 39.5 Å². The molecule has 0 spiro atoms. The third-order valence-electron chi connectivity index (χ3n) is 10.2. The number of phenolic OH excluding ortho intramolecular Hbond substituents is 2. The van der Waals surface area contributed by atoms with Crippen LogP contribution >= 0.6 is 23.2 Å². The van der Waals surface area contributed by atoms with Gasteiger partial charge in [-0.05, 0) is 97.2 Å². The SMILES string of the molecule is Cc1cc2c(c(O)c1-c1c(C)cc3c(c1O)C(=CNc1cccc(Cl)c1C)C(=O)C(O)=C3C(C)C)C(=CNc1cccc(Cl)c1C)C(=O)C(O)=C2C(C)C. The van der Waals surface area contributed by atoms with Gasteiger partial charge in [-0.25, -0.2) is 0 Å². The number of fused-ring (bicyclic) bond motifs is 2. The zero-order valence-corrected chi connectivity index (χ0v) is 32.8. The zero-order chi connectivity index (χ0) is 39.5. The monoisotopic (exact) mass is 764 g/mol. The van der Waals surface area contributed by atoms with Gasteiger partial charge in [0.25, 0.3) is 0 Å². The van der Waals surface area contributed by atoms with E-state index in [9.17, 15) is 30.0 Å². The fourth-order valence-electron chi connectivity index (χ4n) is 7.46. The molecule has 0 heterocycles. The molecule has 54 heavy (non-hydrogen) atoms. The number of Topliss-reactive ketones (excluding diaryl/α,β-unsaturated/α-hetero) is 2. The number of anilines is 2. The van der Waals surface area contributed by atoms with Gasteiger partial charge < -0.3 is 31.1 Å². The Morgan fingerprint density at radius 2 is 0.926 bits per heavy atom. The van der Waals surface area contributed by atoms with E-state index in [1.807, 2.05) is 41.5 Å². The van der Waals surface area contributed by atoms with Crippen molar-refractivity contribution in [2.24, 2.45) is 11.8 Å². The standard InChI is InChI=1S/C44H42Cl2N2O6/c1-19(2)33-25-15-21(5)35(41(51)37(25)27(39(49)43(33)53)17-47-31-13-9-11-29(45)23(31)7)36-22(6)16-26-34(20(3)4)44(54)40(50)28(38(26)42(36)52)18-48-32-14-10-12-30(46)24(32)8/h9-20,47-48,51-54H,1-8H3. The molecule has 6 N–H and O–H groups in total. The molecule has 0 atom stereocenters. The van der Waals surface area contributed by atoms with E-state index < -0.39 is 23.1 Å². The molecule has 10 heteroatoms. The predicted molar refractivity (Wildman–Crippen MR) is 219 cm³/mol. The molecule has 2 aliphatic carbocycles. The van der Waals surface area contributed by atoms with Crippen LogP contribution < -0.4 is 10.6 Å². The Labute approximate surface area is 324 Å². The molecule has 2 aliphatic rings. The van der Waals surface area contributed by atoms with E-state index >= 15 is 0 Å². The lowest BCUT2D eigenvalue weighted by atomic mass is 9.75. The first-order chi connectivity index (χ1) is 25.5. The first-order valence-electron chi connectivity index (χ1n) is 17.6. The van der Waals surface area contributed by atoms with Gasteiger partial charge in [-0.15, -0.1) is 0 Å². The third-order valence-corrected chi connectivity index (χ3v) is 11.0. The second-order valence-electron chi connectivity index (χ2n) is 14.4. The number of hydrogen-bond donors (Lipinski definition) is 6. The number of nitrogens with one attached hydrogen (secondary N) is 2. The van der Waals surface area contributed by atoms with Crippen molar-refractivity contribution in [3.8, 4) is 22.6 Å². The fraction of sp³-hybridized carbons (Fsp3) is 0.227. The molecule has 6 rings (SSSR count). The Kier molecular flexibility index (Phi) is 10.2. The summed E-state index contributed by atoms with van der Waals surface area (Å²) in [5.74, 6) is -3.37.